The van der Waals surface area contributed by atoms with E-state index in [2.05, 4.69) is 10.0 Å². The second-order valence-corrected chi connectivity index (χ2v) is 9.97. The third-order valence-electron chi connectivity index (χ3n) is 3.23. The van der Waals surface area contributed by atoms with Crippen LogP contribution in [0.25, 0.3) is 0 Å². The van der Waals surface area contributed by atoms with E-state index in [1.807, 2.05) is 51.1 Å². The van der Waals surface area contributed by atoms with Crippen molar-refractivity contribution in [2.24, 2.45) is 5.73 Å². The summed E-state index contributed by atoms with van der Waals surface area (Å²) in [5.41, 5.74) is 6.59. The Bertz CT molecular complexity index is 541. The minimum Gasteiger partial charge on any atom is -0.598 e. The Morgan fingerprint density at radius 1 is 1.20 bits per heavy atom. The van der Waals surface area contributed by atoms with E-state index in [0.29, 0.717) is 6.42 Å². The Kier molecular flexibility index (Phi) is 7.74. The summed E-state index contributed by atoms with van der Waals surface area (Å²) >= 11 is -1.32. The first kappa shape index (κ1) is 21.8. The van der Waals surface area contributed by atoms with Crippen LogP contribution < -0.4 is 15.8 Å². The van der Waals surface area contributed by atoms with E-state index in [1.54, 1.807) is 20.8 Å². The number of carbonyl (C=O) groups is 1. The zero-order valence-electron chi connectivity index (χ0n) is 16.0. The number of alkyl carbamates (subject to hydrolysis) is 1. The van der Waals surface area contributed by atoms with Crippen LogP contribution in [-0.4, -0.2) is 33.2 Å². The zero-order valence-corrected chi connectivity index (χ0v) is 16.8. The molecule has 25 heavy (non-hydrogen) atoms. The van der Waals surface area contributed by atoms with Gasteiger partial charge in [-0.3, -0.25) is 0 Å². The van der Waals surface area contributed by atoms with Gasteiger partial charge in [0.15, 0.2) is 0 Å². The predicted molar refractivity (Wildman–Crippen MR) is 102 cm³/mol. The van der Waals surface area contributed by atoms with E-state index in [1.165, 1.54) is 0 Å². The molecule has 1 amide bonds. The summed E-state index contributed by atoms with van der Waals surface area (Å²) in [6, 6.07) is 9.32. The number of hydrogen-bond donors (Lipinski definition) is 3. The number of rotatable bonds is 6. The third kappa shape index (κ3) is 8.58. The molecule has 3 atom stereocenters. The molecule has 0 unspecified atom stereocenters. The molecular weight excluding hydrogens is 338 g/mol. The van der Waals surface area contributed by atoms with Crippen LogP contribution in [0.4, 0.5) is 4.79 Å². The Balaban J connectivity index is 2.83. The van der Waals surface area contributed by atoms with Crippen LogP contribution in [0.3, 0.4) is 0 Å². The first-order valence-electron chi connectivity index (χ1n) is 8.35. The lowest BCUT2D eigenvalue weighted by Crippen LogP contribution is -2.59. The van der Waals surface area contributed by atoms with Crippen molar-refractivity contribution in [1.29, 1.82) is 0 Å². The first-order valence-corrected chi connectivity index (χ1v) is 9.50. The molecule has 0 aliphatic heterocycles. The molecule has 0 aliphatic carbocycles. The number of carbonyl (C=O) groups excluding carboxylic acids is 1. The number of benzene rings is 1. The number of nitrogens with one attached hydrogen (secondary N) is 2. The van der Waals surface area contributed by atoms with Crippen molar-refractivity contribution in [2.45, 2.75) is 70.5 Å². The van der Waals surface area contributed by atoms with Crippen LogP contribution in [-0.2, 0) is 22.5 Å². The summed E-state index contributed by atoms with van der Waals surface area (Å²) in [6.45, 7) is 11.0. The maximum absolute atomic E-state index is 12.5. The summed E-state index contributed by atoms with van der Waals surface area (Å²) in [4.78, 5) is 12.0. The SMILES string of the molecule is CC(C)(C)OC(=O)N[C@@H](N)[C@@H](Cc1ccccc1)N[S@+]([O-])C(C)(C)C. The summed E-state index contributed by atoms with van der Waals surface area (Å²) in [6.07, 6.45) is -0.817. The van der Waals surface area contributed by atoms with Crippen LogP contribution in [0.15, 0.2) is 30.3 Å². The minimum absolute atomic E-state index is 0.407. The fourth-order valence-corrected chi connectivity index (χ4v) is 2.83. The van der Waals surface area contributed by atoms with Gasteiger partial charge in [-0.2, -0.15) is 0 Å². The third-order valence-corrected chi connectivity index (χ3v) is 4.86. The number of hydrogen-bond acceptors (Lipinski definition) is 5. The number of nitrogens with two attached hydrogens (primary N) is 1. The molecule has 0 heterocycles. The van der Waals surface area contributed by atoms with Gasteiger partial charge in [-0.15, -0.1) is 4.72 Å². The average Bonchev–Trinajstić information content (AvgIpc) is 2.44. The molecule has 0 fully saturated rings. The lowest BCUT2D eigenvalue weighted by molar-refractivity contribution is 0.0496. The van der Waals surface area contributed by atoms with Gasteiger partial charge < -0.3 is 20.3 Å². The largest absolute Gasteiger partial charge is 0.598 e. The van der Waals surface area contributed by atoms with Crippen molar-refractivity contribution in [3.8, 4) is 0 Å². The average molecular weight is 370 g/mol. The molecule has 4 N–H and O–H groups in total. The zero-order chi connectivity index (χ0) is 19.3. The topological polar surface area (TPSA) is 99.4 Å². The smallest absolute Gasteiger partial charge is 0.408 e. The summed E-state index contributed by atoms with van der Waals surface area (Å²) in [7, 11) is 0. The predicted octanol–water partition coefficient (Wildman–Crippen LogP) is 2.46. The second-order valence-electron chi connectivity index (χ2n) is 7.97. The molecule has 7 heteroatoms. The molecule has 0 spiro atoms. The summed E-state index contributed by atoms with van der Waals surface area (Å²) in [5.74, 6) is 0. The quantitative estimate of drug-likeness (QED) is 0.528. The molecule has 6 nitrogen and oxygen atoms in total. The van der Waals surface area contributed by atoms with Gasteiger partial charge in [-0.25, -0.2) is 4.79 Å². The van der Waals surface area contributed by atoms with Crippen LogP contribution >= 0.6 is 0 Å². The van der Waals surface area contributed by atoms with Crippen molar-refractivity contribution in [2.75, 3.05) is 0 Å². The van der Waals surface area contributed by atoms with Crippen molar-refractivity contribution in [3.05, 3.63) is 35.9 Å². The molecule has 1 aromatic carbocycles. The van der Waals surface area contributed by atoms with Gasteiger partial charge >= 0.3 is 6.09 Å². The molecular formula is C18H31N3O3S. The highest BCUT2D eigenvalue weighted by Gasteiger charge is 2.32. The molecule has 1 rings (SSSR count). The lowest BCUT2D eigenvalue weighted by Gasteiger charge is -2.31. The summed E-state index contributed by atoms with van der Waals surface area (Å²) in [5, 5.41) is 2.63. The maximum atomic E-state index is 12.5. The van der Waals surface area contributed by atoms with Crippen LogP contribution in [0, 0.1) is 0 Å². The van der Waals surface area contributed by atoms with Gasteiger partial charge in [0.25, 0.3) is 0 Å². The van der Waals surface area contributed by atoms with Gasteiger partial charge in [0.05, 0.1) is 6.04 Å². The minimum atomic E-state index is -1.32. The highest BCUT2D eigenvalue weighted by molar-refractivity contribution is 7.90. The van der Waals surface area contributed by atoms with Crippen molar-refractivity contribution in [1.82, 2.24) is 10.0 Å². The maximum Gasteiger partial charge on any atom is 0.408 e. The Morgan fingerprint density at radius 3 is 2.24 bits per heavy atom. The van der Waals surface area contributed by atoms with Crippen molar-refractivity contribution < 1.29 is 14.1 Å². The number of ether oxygens (including phenoxy) is 1. The van der Waals surface area contributed by atoms with Crippen LogP contribution in [0.1, 0.15) is 47.1 Å². The molecule has 1 aromatic rings. The normalized spacial score (nSPS) is 16.0. The fraction of sp³-hybridized carbons (Fsp3) is 0.611. The van der Waals surface area contributed by atoms with Crippen LogP contribution in [0.5, 0.6) is 0 Å². The van der Waals surface area contributed by atoms with E-state index in [9.17, 15) is 9.35 Å². The first-order chi connectivity index (χ1) is 11.4. The number of amides is 1. The van der Waals surface area contributed by atoms with E-state index in [4.69, 9.17) is 10.5 Å². The van der Waals surface area contributed by atoms with E-state index in [-0.39, 0.29) is 0 Å². The molecule has 0 bridgehead atoms. The Labute approximate surface area is 154 Å². The van der Waals surface area contributed by atoms with Gasteiger partial charge in [0.2, 0.25) is 0 Å². The van der Waals surface area contributed by atoms with E-state index >= 15 is 0 Å². The molecule has 0 aliphatic rings. The molecule has 0 saturated heterocycles. The molecule has 0 radical (unpaired) electrons. The van der Waals surface area contributed by atoms with Crippen LogP contribution in [0.2, 0.25) is 0 Å². The highest BCUT2D eigenvalue weighted by atomic mass is 32.2. The van der Waals surface area contributed by atoms with Crippen molar-refractivity contribution >= 4 is 17.5 Å². The van der Waals surface area contributed by atoms with Gasteiger partial charge in [0.1, 0.15) is 16.5 Å². The molecule has 142 valence electrons. The second kappa shape index (κ2) is 8.89. The van der Waals surface area contributed by atoms with E-state index < -0.39 is 40.0 Å². The lowest BCUT2D eigenvalue weighted by atomic mass is 10.0. The molecule has 0 saturated carbocycles. The monoisotopic (exact) mass is 369 g/mol. The standard InChI is InChI=1S/C18H31N3O3S/c1-17(2,3)24-16(22)20-15(19)14(21-25(23)18(4,5)6)12-13-10-8-7-9-11-13/h7-11,14-15,21H,12,19H2,1-6H3,(H,20,22)/t14-,15-,25-/m1/s1. The van der Waals surface area contributed by atoms with Gasteiger partial charge in [0, 0.05) is 11.4 Å². The van der Waals surface area contributed by atoms with E-state index in [0.717, 1.165) is 5.56 Å². The van der Waals surface area contributed by atoms with Gasteiger partial charge in [-0.05, 0) is 53.5 Å². The van der Waals surface area contributed by atoms with Crippen molar-refractivity contribution in [3.63, 3.8) is 0 Å². The Morgan fingerprint density at radius 2 is 1.76 bits per heavy atom. The highest BCUT2D eigenvalue weighted by Crippen LogP contribution is 2.16. The molecule has 0 aromatic heterocycles. The fourth-order valence-electron chi connectivity index (χ4n) is 1.97. The Hall–Kier alpha value is -1.28. The summed E-state index contributed by atoms with van der Waals surface area (Å²) < 4.78 is 20.3. The van der Waals surface area contributed by atoms with Gasteiger partial charge in [-0.1, -0.05) is 30.3 Å².